The topological polar surface area (TPSA) is 90.2 Å². The first kappa shape index (κ1) is 21.0. The van der Waals surface area contributed by atoms with E-state index in [2.05, 4.69) is 33.9 Å². The smallest absolute Gasteiger partial charge is 0.192 e. The number of aliphatic hydroxyl groups is 4. The number of hydrogen-bond acceptors (Lipinski definition) is 5. The van der Waals surface area contributed by atoms with Gasteiger partial charge in [0.15, 0.2) is 8.32 Å². The second-order valence-electron chi connectivity index (χ2n) is 7.30. The molecule has 0 saturated carbocycles. The molecule has 0 bridgehead atoms. The highest BCUT2D eigenvalue weighted by atomic mass is 28.4. The molecule has 0 saturated heterocycles. The molecule has 6 heteroatoms. The van der Waals surface area contributed by atoms with E-state index in [4.69, 9.17) is 14.6 Å². The maximum Gasteiger partial charge on any atom is 0.192 e. The van der Waals surface area contributed by atoms with Gasteiger partial charge in [-0.1, -0.05) is 20.8 Å². The Labute approximate surface area is 130 Å². The van der Waals surface area contributed by atoms with Gasteiger partial charge in [-0.15, -0.1) is 0 Å². The van der Waals surface area contributed by atoms with Crippen LogP contribution >= 0.6 is 0 Å². The van der Waals surface area contributed by atoms with Crippen LogP contribution < -0.4 is 0 Å². The molecule has 0 aliphatic rings. The fraction of sp³-hybridized carbons (Fsp3) is 1.00. The molecule has 2 atom stereocenters. The van der Waals surface area contributed by atoms with Crippen molar-refractivity contribution in [3.05, 3.63) is 0 Å². The van der Waals surface area contributed by atoms with E-state index in [1.54, 1.807) is 0 Å². The SMILES string of the molecule is CC(C)(C)[Si](C)(C)OC(C[C@@H](O)CCO)C[C@@H](O)CCO. The van der Waals surface area contributed by atoms with Crippen LogP contribution in [0.15, 0.2) is 0 Å². The first-order chi connectivity index (χ1) is 9.53. The summed E-state index contributed by atoms with van der Waals surface area (Å²) in [6.45, 7) is 10.6. The summed E-state index contributed by atoms with van der Waals surface area (Å²) in [5.41, 5.74) is 0. The third-order valence-electron chi connectivity index (χ3n) is 4.26. The summed E-state index contributed by atoms with van der Waals surface area (Å²) in [5, 5.41) is 37.7. The highest BCUT2D eigenvalue weighted by molar-refractivity contribution is 6.74. The molecule has 0 heterocycles. The van der Waals surface area contributed by atoms with Gasteiger partial charge in [0.25, 0.3) is 0 Å². The van der Waals surface area contributed by atoms with Gasteiger partial charge in [-0.3, -0.25) is 0 Å². The van der Waals surface area contributed by atoms with E-state index in [0.717, 1.165) is 0 Å². The quantitative estimate of drug-likeness (QED) is 0.459. The van der Waals surface area contributed by atoms with E-state index in [9.17, 15) is 10.2 Å². The molecule has 0 aromatic carbocycles. The Hall–Kier alpha value is 0.0169. The van der Waals surface area contributed by atoms with Crippen LogP contribution in [0.2, 0.25) is 18.1 Å². The molecule has 0 aliphatic carbocycles. The lowest BCUT2D eigenvalue weighted by Gasteiger charge is -2.40. The van der Waals surface area contributed by atoms with E-state index in [1.165, 1.54) is 0 Å². The van der Waals surface area contributed by atoms with Gasteiger partial charge in [-0.25, -0.2) is 0 Å². The van der Waals surface area contributed by atoms with Crippen molar-refractivity contribution in [3.8, 4) is 0 Å². The average Bonchev–Trinajstić information content (AvgIpc) is 2.26. The average molecular weight is 323 g/mol. The van der Waals surface area contributed by atoms with Crippen molar-refractivity contribution in [2.75, 3.05) is 13.2 Å². The lowest BCUT2D eigenvalue weighted by molar-refractivity contribution is 0.0309. The fourth-order valence-electron chi connectivity index (χ4n) is 1.93. The monoisotopic (exact) mass is 322 g/mol. The molecule has 0 spiro atoms. The normalized spacial score (nSPS) is 16.3. The Kier molecular flexibility index (Phi) is 9.23. The summed E-state index contributed by atoms with van der Waals surface area (Å²) >= 11 is 0. The third-order valence-corrected chi connectivity index (χ3v) is 8.80. The second kappa shape index (κ2) is 9.22. The Balaban J connectivity index is 4.79. The first-order valence-electron chi connectivity index (χ1n) is 7.79. The van der Waals surface area contributed by atoms with Gasteiger partial charge in [-0.2, -0.15) is 0 Å². The molecular formula is C15H34O5Si. The van der Waals surface area contributed by atoms with Gasteiger partial charge in [0.2, 0.25) is 0 Å². The molecule has 128 valence electrons. The number of hydrogen-bond donors (Lipinski definition) is 4. The van der Waals surface area contributed by atoms with E-state index in [1.807, 2.05) is 0 Å². The van der Waals surface area contributed by atoms with Gasteiger partial charge < -0.3 is 24.9 Å². The van der Waals surface area contributed by atoms with Crippen LogP contribution in [0.1, 0.15) is 46.5 Å². The Morgan fingerprint density at radius 3 is 1.57 bits per heavy atom. The zero-order valence-electron chi connectivity index (χ0n) is 14.2. The highest BCUT2D eigenvalue weighted by Crippen LogP contribution is 2.38. The molecule has 0 aromatic rings. The van der Waals surface area contributed by atoms with Gasteiger partial charge >= 0.3 is 0 Å². The summed E-state index contributed by atoms with van der Waals surface area (Å²) in [7, 11) is -1.99. The minimum absolute atomic E-state index is 0.0507. The summed E-state index contributed by atoms with van der Waals surface area (Å²) in [6, 6.07) is 0. The Morgan fingerprint density at radius 2 is 1.29 bits per heavy atom. The van der Waals surface area contributed by atoms with Gasteiger partial charge in [0.1, 0.15) is 0 Å². The Bertz CT molecular complexity index is 264. The van der Waals surface area contributed by atoms with Crippen molar-refractivity contribution in [2.45, 2.75) is 82.9 Å². The zero-order chi connectivity index (χ0) is 16.7. The number of rotatable bonds is 10. The predicted molar refractivity (Wildman–Crippen MR) is 86.7 cm³/mol. The molecule has 0 unspecified atom stereocenters. The molecule has 5 nitrogen and oxygen atoms in total. The molecular weight excluding hydrogens is 288 g/mol. The zero-order valence-corrected chi connectivity index (χ0v) is 15.2. The van der Waals surface area contributed by atoms with Crippen molar-refractivity contribution in [1.82, 2.24) is 0 Å². The number of aliphatic hydroxyl groups excluding tert-OH is 4. The van der Waals surface area contributed by atoms with E-state index in [0.29, 0.717) is 25.7 Å². The maximum atomic E-state index is 9.91. The molecule has 0 rings (SSSR count). The molecule has 4 N–H and O–H groups in total. The van der Waals surface area contributed by atoms with Crippen LogP contribution in [-0.2, 0) is 4.43 Å². The molecule has 0 aromatic heterocycles. The largest absolute Gasteiger partial charge is 0.414 e. The summed E-state index contributed by atoms with van der Waals surface area (Å²) in [5.74, 6) is 0. The minimum atomic E-state index is -1.99. The molecule has 21 heavy (non-hydrogen) atoms. The van der Waals surface area contributed by atoms with Crippen LogP contribution in [0.4, 0.5) is 0 Å². The third kappa shape index (κ3) is 8.28. The predicted octanol–water partition coefficient (Wildman–Crippen LogP) is 1.64. The highest BCUT2D eigenvalue weighted by Gasteiger charge is 2.39. The minimum Gasteiger partial charge on any atom is -0.414 e. The Morgan fingerprint density at radius 1 is 0.905 bits per heavy atom. The van der Waals surface area contributed by atoms with Crippen molar-refractivity contribution < 1.29 is 24.9 Å². The molecule has 0 amide bonds. The van der Waals surface area contributed by atoms with Crippen molar-refractivity contribution in [2.24, 2.45) is 0 Å². The molecule has 0 fully saturated rings. The van der Waals surface area contributed by atoms with Crippen LogP contribution in [0, 0.1) is 0 Å². The van der Waals surface area contributed by atoms with Crippen molar-refractivity contribution in [3.63, 3.8) is 0 Å². The van der Waals surface area contributed by atoms with E-state index < -0.39 is 20.5 Å². The van der Waals surface area contributed by atoms with E-state index in [-0.39, 0.29) is 24.4 Å². The second-order valence-corrected chi connectivity index (χ2v) is 12.1. The van der Waals surface area contributed by atoms with Crippen molar-refractivity contribution in [1.29, 1.82) is 0 Å². The lowest BCUT2D eigenvalue weighted by atomic mass is 10.0. The van der Waals surface area contributed by atoms with Crippen molar-refractivity contribution >= 4 is 8.32 Å². The van der Waals surface area contributed by atoms with Crippen LogP contribution in [0.5, 0.6) is 0 Å². The van der Waals surface area contributed by atoms with Gasteiger partial charge in [-0.05, 0) is 43.8 Å². The van der Waals surface area contributed by atoms with Crippen LogP contribution in [0.25, 0.3) is 0 Å². The standard InChI is InChI=1S/C15H34O5Si/c1-15(2,3)21(4,5)20-14(10-12(18)6-8-16)11-13(19)7-9-17/h12-14,16-19H,6-11H2,1-5H3/t12-,13-/m0/s1. The fourth-order valence-corrected chi connectivity index (χ4v) is 3.31. The van der Waals surface area contributed by atoms with E-state index >= 15 is 0 Å². The summed E-state index contributed by atoms with van der Waals surface area (Å²) < 4.78 is 6.29. The van der Waals surface area contributed by atoms with Crippen LogP contribution in [-0.4, -0.2) is 60.3 Å². The maximum absolute atomic E-state index is 9.91. The van der Waals surface area contributed by atoms with Crippen LogP contribution in [0.3, 0.4) is 0 Å². The molecule has 0 radical (unpaired) electrons. The summed E-state index contributed by atoms with van der Waals surface area (Å²) in [6.07, 6.45) is -0.0994. The first-order valence-corrected chi connectivity index (χ1v) is 10.7. The molecule has 0 aliphatic heterocycles. The summed E-state index contributed by atoms with van der Waals surface area (Å²) in [4.78, 5) is 0. The lowest BCUT2D eigenvalue weighted by Crippen LogP contribution is -2.45. The van der Waals surface area contributed by atoms with Gasteiger partial charge in [0.05, 0.1) is 12.2 Å². The van der Waals surface area contributed by atoms with Gasteiger partial charge in [0, 0.05) is 19.3 Å².